The van der Waals surface area contributed by atoms with Gasteiger partial charge >= 0.3 is 12.0 Å². The second-order valence-corrected chi connectivity index (χ2v) is 25.1. The second kappa shape index (κ2) is 37.5. The average Bonchev–Trinajstić information content (AvgIpc) is 0.915. The van der Waals surface area contributed by atoms with Crippen molar-refractivity contribution in [1.82, 2.24) is 35.3 Å². The van der Waals surface area contributed by atoms with Crippen LogP contribution in [0.1, 0.15) is 70.4 Å². The number of piperidine rings is 1. The predicted octanol–water partition coefficient (Wildman–Crippen LogP) is 7.21. The number of carbonyl (C=O) groups excluding carboxylic acids is 5. The summed E-state index contributed by atoms with van der Waals surface area (Å²) >= 11 is 13.2. The van der Waals surface area contributed by atoms with Crippen molar-refractivity contribution in [2.24, 2.45) is 0 Å². The van der Waals surface area contributed by atoms with E-state index in [1.165, 1.54) is 9.80 Å². The summed E-state index contributed by atoms with van der Waals surface area (Å²) in [5.41, 5.74) is 6.28. The fourth-order valence-electron chi connectivity index (χ4n) is 12.7. The lowest BCUT2D eigenvalue weighted by Crippen LogP contribution is -2.55. The summed E-state index contributed by atoms with van der Waals surface area (Å²) in [7, 11) is 0. The smallest absolute Gasteiger partial charge is 0.319 e. The normalized spacial score (nSPS) is 17.9. The number of urea groups is 1. The van der Waals surface area contributed by atoms with Crippen molar-refractivity contribution in [3.05, 3.63) is 129 Å². The van der Waals surface area contributed by atoms with E-state index >= 15 is 0 Å². The first-order valence-electron chi connectivity index (χ1n) is 33.5. The number of piperazine rings is 1. The van der Waals surface area contributed by atoms with Crippen LogP contribution < -0.4 is 30.5 Å². The number of carbonyl (C=O) groups is 5. The molecule has 4 aromatic carbocycles. The monoisotopic (exact) mass is 1390 g/mol. The molecule has 3 saturated heterocycles. The number of halogens is 3. The van der Waals surface area contributed by atoms with Gasteiger partial charge in [0.2, 0.25) is 11.8 Å². The lowest BCUT2D eigenvalue weighted by molar-refractivity contribution is -0.137. The third-order valence-electron chi connectivity index (χ3n) is 17.6. The van der Waals surface area contributed by atoms with E-state index in [9.17, 15) is 33.6 Å². The van der Waals surface area contributed by atoms with Gasteiger partial charge in [-0.15, -0.1) is 0 Å². The van der Waals surface area contributed by atoms with Crippen LogP contribution in [-0.2, 0) is 84.8 Å². The highest BCUT2D eigenvalue weighted by atomic mass is 35.5. The maximum absolute atomic E-state index is 14.1. The Balaban J connectivity index is 0.515. The molecule has 98 heavy (non-hydrogen) atoms. The van der Waals surface area contributed by atoms with Gasteiger partial charge in [0.15, 0.2) is 5.83 Å². The molecule has 5 aliphatic rings. The lowest BCUT2D eigenvalue weighted by atomic mass is 10.0. The minimum absolute atomic E-state index is 0.0330. The first-order chi connectivity index (χ1) is 47.8. The largest absolute Gasteiger partial charge is 0.462 e. The first-order valence-corrected chi connectivity index (χ1v) is 34.2. The van der Waals surface area contributed by atoms with Crippen molar-refractivity contribution in [3.63, 3.8) is 0 Å². The second-order valence-electron chi connectivity index (χ2n) is 24.2. The molecular weight excluding hydrogens is 1310 g/mol. The summed E-state index contributed by atoms with van der Waals surface area (Å²) < 4.78 is 66.1. The average molecular weight is 1400 g/mol. The molecular formula is C70H86Cl2FN11O14. The molecule has 0 spiro atoms. The van der Waals surface area contributed by atoms with Crippen molar-refractivity contribution in [2.45, 2.75) is 82.7 Å². The fraction of sp³-hybridized carbons (Fsp3) is 0.514. The number of amides is 6. The summed E-state index contributed by atoms with van der Waals surface area (Å²) in [6, 6.07) is 23.6. The van der Waals surface area contributed by atoms with E-state index in [0.717, 1.165) is 70.3 Å². The van der Waals surface area contributed by atoms with Crippen LogP contribution in [0.4, 0.5) is 26.4 Å². The van der Waals surface area contributed by atoms with E-state index in [2.05, 4.69) is 61.5 Å². The molecule has 3 atom stereocenters. The fourth-order valence-corrected chi connectivity index (χ4v) is 13.3. The van der Waals surface area contributed by atoms with Crippen LogP contribution in [0.15, 0.2) is 85.2 Å². The number of hydrogen-bond donors (Lipinski definition) is 3. The number of nitrogens with one attached hydrogen (secondary N) is 3. The Morgan fingerprint density at radius 2 is 1.39 bits per heavy atom. The number of hydrogen-bond acceptors (Lipinski definition) is 20. The number of ether oxygens (including phenoxy) is 9. The molecule has 6 heterocycles. The maximum atomic E-state index is 14.1. The number of fused-ring (bicyclic) bond motifs is 3. The summed E-state index contributed by atoms with van der Waals surface area (Å²) in [5.74, 6) is -2.20. The van der Waals surface area contributed by atoms with E-state index in [4.69, 9.17) is 75.8 Å². The minimum atomic E-state index is -1.05. The Labute approximate surface area is 580 Å². The maximum Gasteiger partial charge on any atom is 0.319 e. The van der Waals surface area contributed by atoms with Gasteiger partial charge in [0, 0.05) is 91.2 Å². The molecule has 10 rings (SSSR count). The minimum Gasteiger partial charge on any atom is -0.462 e. The highest BCUT2D eigenvalue weighted by molar-refractivity contribution is 6.36. The molecule has 526 valence electrons. The summed E-state index contributed by atoms with van der Waals surface area (Å²) in [6.45, 7) is 14.8. The van der Waals surface area contributed by atoms with E-state index in [1.807, 2.05) is 36.4 Å². The van der Waals surface area contributed by atoms with Crippen LogP contribution in [0.5, 0.6) is 6.01 Å². The number of anilines is 3. The number of imide groups is 1. The molecule has 6 amide bonds. The summed E-state index contributed by atoms with van der Waals surface area (Å²) in [4.78, 5) is 82.3. The Kier molecular flexibility index (Phi) is 28.0. The van der Waals surface area contributed by atoms with Crippen LogP contribution in [0.25, 0.3) is 10.8 Å². The van der Waals surface area contributed by atoms with Gasteiger partial charge in [-0.25, -0.2) is 9.18 Å². The molecule has 0 aliphatic carbocycles. The third-order valence-corrected chi connectivity index (χ3v) is 18.2. The van der Waals surface area contributed by atoms with Crippen LogP contribution in [-0.4, -0.2) is 224 Å². The Morgan fingerprint density at radius 1 is 0.714 bits per heavy atom. The quantitative estimate of drug-likeness (QED) is 0.0200. The lowest BCUT2D eigenvalue weighted by Gasteiger charge is -2.42. The van der Waals surface area contributed by atoms with Crippen molar-refractivity contribution < 1.29 is 71.0 Å². The highest BCUT2D eigenvalue weighted by Crippen LogP contribution is 2.38. The van der Waals surface area contributed by atoms with Gasteiger partial charge < -0.3 is 72.9 Å². The van der Waals surface area contributed by atoms with E-state index in [0.29, 0.717) is 178 Å². The molecule has 0 radical (unpaired) electrons. The Hall–Kier alpha value is -7.65. The van der Waals surface area contributed by atoms with Gasteiger partial charge in [-0.2, -0.15) is 15.2 Å². The predicted molar refractivity (Wildman–Crippen MR) is 364 cm³/mol. The number of nitrogens with zero attached hydrogens (tertiary/aromatic N) is 8. The van der Waals surface area contributed by atoms with E-state index in [1.54, 1.807) is 18.2 Å². The van der Waals surface area contributed by atoms with Crippen molar-refractivity contribution >= 4 is 80.8 Å². The van der Waals surface area contributed by atoms with Crippen molar-refractivity contribution in [1.29, 1.82) is 5.26 Å². The van der Waals surface area contributed by atoms with Crippen LogP contribution >= 0.6 is 23.2 Å². The highest BCUT2D eigenvalue weighted by Gasteiger charge is 2.40. The standard InChI is InChI=1S/C70H86Cl2FN11O14/c1-48(73)67(87)83-21-20-82(45-55(83)14-17-74)65-58-15-19-81(61-9-3-6-51-5-2-8-59(72)64(51)61)46-60(58)77-70(79-65)98-47-56-7-4-18-80(56)22-24-91-26-28-93-30-32-95-34-36-97-38-37-96-35-33-94-31-29-92-27-25-90-23-16-49-40-53(71)42-54(41-49)76-69(89)75-43-50-10-11-57-52(39-50)44-84(68(57)88)62-12-13-63(85)78-66(62)86/h2-3,5-6,8-11,39-42,55-56,62H,1,4,7,12-16,18-38,43-47H2,(H2,75,76,89)(H,78,85,86)/t55-,56-,62?/m0/s1. The summed E-state index contributed by atoms with van der Waals surface area (Å²) in [6.07, 6.45) is 3.69. The molecule has 1 unspecified atom stereocenters. The van der Waals surface area contributed by atoms with Gasteiger partial charge in [0.1, 0.15) is 18.5 Å². The van der Waals surface area contributed by atoms with Gasteiger partial charge in [0.05, 0.1) is 142 Å². The van der Waals surface area contributed by atoms with Crippen LogP contribution in [0.2, 0.25) is 10.0 Å². The number of nitriles is 1. The summed E-state index contributed by atoms with van der Waals surface area (Å²) in [5, 5.41) is 20.8. The SMILES string of the molecule is C=C(F)C(=O)N1CCN(c2nc(OC[C@@H]3CCCN3CCOCCOCCOCCOCCOCCOCCOCCOCCc3cc(Cl)cc(NC(=O)NCc4ccc5c(c4)CN(C4CCC(=O)NC4=O)C5=O)c3)nc3c2CCN(c2cccc4cccc(Cl)c24)C3)C[C@@H]1CC#N. The van der Waals surface area contributed by atoms with Gasteiger partial charge in [-0.05, 0) is 97.1 Å². The van der Waals surface area contributed by atoms with Crippen molar-refractivity contribution in [2.75, 3.05) is 167 Å². The zero-order valence-electron chi connectivity index (χ0n) is 55.1. The molecule has 0 bridgehead atoms. The molecule has 5 aromatic rings. The number of aromatic nitrogens is 2. The van der Waals surface area contributed by atoms with E-state index < -0.39 is 35.8 Å². The van der Waals surface area contributed by atoms with Crippen LogP contribution in [0, 0.1) is 11.3 Å². The van der Waals surface area contributed by atoms with Gasteiger partial charge in [-0.1, -0.05) is 66.2 Å². The Morgan fingerprint density at radius 3 is 2.06 bits per heavy atom. The molecule has 3 N–H and O–H groups in total. The molecule has 28 heteroatoms. The molecule has 3 fully saturated rings. The van der Waals surface area contributed by atoms with Gasteiger partial charge in [-0.3, -0.25) is 29.4 Å². The molecule has 25 nitrogen and oxygen atoms in total. The van der Waals surface area contributed by atoms with E-state index in [-0.39, 0.29) is 62.8 Å². The zero-order valence-corrected chi connectivity index (χ0v) is 56.6. The molecule has 0 saturated carbocycles. The Bertz CT molecular complexity index is 3600. The number of likely N-dealkylation sites (tertiary alicyclic amines) is 1. The molecule has 5 aliphatic heterocycles. The number of benzene rings is 4. The molecule has 1 aromatic heterocycles. The first kappa shape index (κ1) is 73.1. The van der Waals surface area contributed by atoms with Crippen LogP contribution in [0.3, 0.4) is 0 Å². The number of rotatable bonds is 38. The topological polar surface area (TPSA) is 270 Å². The zero-order chi connectivity index (χ0) is 68.6. The van der Waals surface area contributed by atoms with Gasteiger partial charge in [0.25, 0.3) is 11.8 Å². The third kappa shape index (κ3) is 20.7. The van der Waals surface area contributed by atoms with Crippen molar-refractivity contribution in [3.8, 4) is 12.1 Å².